The fraction of sp³-hybridized carbons (Fsp3) is 0.538. The summed E-state index contributed by atoms with van der Waals surface area (Å²) in [5.41, 5.74) is 9.74. The van der Waals surface area contributed by atoms with Crippen LogP contribution in [0.2, 0.25) is 0 Å². The van der Waals surface area contributed by atoms with Crippen LogP contribution in [0.5, 0.6) is 0 Å². The number of nitrogen functional groups attached to an aromatic ring is 1. The Morgan fingerprint density at radius 2 is 1.91 bits per heavy atom. The molecule has 2 aromatic rings. The van der Waals surface area contributed by atoms with Gasteiger partial charge in [-0.05, 0) is 76.2 Å². The molecule has 5 nitrogen and oxygen atoms in total. The van der Waals surface area contributed by atoms with Gasteiger partial charge in [0.25, 0.3) is 0 Å². The molecule has 1 aliphatic rings. The number of ketones is 1. The standard InChI is InChI=1S/C26H35NO4S2/c1-15(2)26(8-7-17-13-32-14-18(17)12-28)11-21(29)23(24(30)31-26)33-22-9-16(3)20(27)10-19(22)25(4,5)6/h9-10,13-15,23,28H,7-8,11-12,27H2,1-6H3. The summed E-state index contributed by atoms with van der Waals surface area (Å²) in [5.74, 6) is -0.560. The molecule has 0 amide bonds. The van der Waals surface area contributed by atoms with Crippen molar-refractivity contribution in [2.75, 3.05) is 5.73 Å². The van der Waals surface area contributed by atoms with E-state index >= 15 is 0 Å². The van der Waals surface area contributed by atoms with Gasteiger partial charge < -0.3 is 15.6 Å². The Kier molecular flexibility index (Phi) is 7.66. The number of cyclic esters (lactones) is 1. The molecule has 1 aromatic carbocycles. The molecule has 0 radical (unpaired) electrons. The van der Waals surface area contributed by atoms with Gasteiger partial charge in [0.2, 0.25) is 0 Å². The van der Waals surface area contributed by atoms with Crippen LogP contribution < -0.4 is 5.73 Å². The summed E-state index contributed by atoms with van der Waals surface area (Å²) in [6.07, 6.45) is 1.41. The van der Waals surface area contributed by atoms with Crippen LogP contribution in [0.1, 0.15) is 69.7 Å². The number of hydrogen-bond donors (Lipinski definition) is 2. The zero-order chi connectivity index (χ0) is 24.6. The van der Waals surface area contributed by atoms with Crippen molar-refractivity contribution in [2.45, 2.75) is 88.6 Å². The maximum absolute atomic E-state index is 13.3. The van der Waals surface area contributed by atoms with Crippen molar-refractivity contribution in [3.05, 3.63) is 45.1 Å². The highest BCUT2D eigenvalue weighted by atomic mass is 32.2. The van der Waals surface area contributed by atoms with Crippen LogP contribution in [0.25, 0.3) is 0 Å². The summed E-state index contributed by atoms with van der Waals surface area (Å²) in [5, 5.41) is 12.6. The molecule has 1 aliphatic heterocycles. The van der Waals surface area contributed by atoms with Crippen LogP contribution in [0.4, 0.5) is 5.69 Å². The average molecular weight is 490 g/mol. The normalized spacial score (nSPS) is 21.5. The maximum atomic E-state index is 13.3. The zero-order valence-corrected chi connectivity index (χ0v) is 22.0. The molecule has 180 valence electrons. The number of ether oxygens (including phenoxy) is 1. The number of thioether (sulfide) groups is 1. The van der Waals surface area contributed by atoms with Crippen LogP contribution in [-0.2, 0) is 32.8 Å². The molecule has 0 saturated carbocycles. The van der Waals surface area contributed by atoms with Gasteiger partial charge in [-0.25, -0.2) is 0 Å². The van der Waals surface area contributed by atoms with E-state index in [-0.39, 0.29) is 30.1 Å². The topological polar surface area (TPSA) is 89.6 Å². The van der Waals surface area contributed by atoms with Crippen molar-refractivity contribution in [3.63, 3.8) is 0 Å². The number of benzene rings is 1. The minimum atomic E-state index is -0.879. The third kappa shape index (κ3) is 5.47. The molecule has 0 aliphatic carbocycles. The van der Waals surface area contributed by atoms with Crippen molar-refractivity contribution in [1.29, 1.82) is 0 Å². The second-order valence-corrected chi connectivity index (χ2v) is 12.2. The fourth-order valence-electron chi connectivity index (χ4n) is 4.24. The van der Waals surface area contributed by atoms with Crippen LogP contribution >= 0.6 is 23.1 Å². The van der Waals surface area contributed by atoms with Crippen molar-refractivity contribution >= 4 is 40.5 Å². The van der Waals surface area contributed by atoms with Crippen molar-refractivity contribution in [2.24, 2.45) is 5.92 Å². The molecule has 2 atom stereocenters. The first-order valence-electron chi connectivity index (χ1n) is 11.4. The van der Waals surface area contributed by atoms with Crippen LogP contribution in [-0.4, -0.2) is 27.7 Å². The third-order valence-electron chi connectivity index (χ3n) is 6.58. The SMILES string of the molecule is Cc1cc(SC2C(=O)CC(CCc3cscc3CO)(C(C)C)OC2=O)c(C(C)(C)C)cc1N. The Bertz CT molecular complexity index is 1020. The van der Waals surface area contributed by atoms with Gasteiger partial charge in [-0.3, -0.25) is 9.59 Å². The Morgan fingerprint density at radius 3 is 2.48 bits per heavy atom. The highest BCUT2D eigenvalue weighted by molar-refractivity contribution is 8.01. The Hall–Kier alpha value is -1.83. The summed E-state index contributed by atoms with van der Waals surface area (Å²) in [6.45, 7) is 12.2. The second kappa shape index (κ2) is 9.80. The van der Waals surface area contributed by atoms with E-state index < -0.39 is 16.8 Å². The van der Waals surface area contributed by atoms with Gasteiger partial charge in [-0.1, -0.05) is 34.6 Å². The predicted molar refractivity (Wildman–Crippen MR) is 136 cm³/mol. The molecular weight excluding hydrogens is 454 g/mol. The number of Topliss-reactive ketones (excluding diaryl/α,β-unsaturated/α-hetero) is 1. The first kappa shape index (κ1) is 25.8. The van der Waals surface area contributed by atoms with Crippen LogP contribution in [0.15, 0.2) is 27.8 Å². The lowest BCUT2D eigenvalue weighted by molar-refractivity contribution is -0.176. The van der Waals surface area contributed by atoms with E-state index in [1.807, 2.05) is 43.7 Å². The molecule has 1 fully saturated rings. The molecule has 2 unspecified atom stereocenters. The molecule has 0 bridgehead atoms. The molecule has 3 N–H and O–H groups in total. The zero-order valence-electron chi connectivity index (χ0n) is 20.4. The Balaban J connectivity index is 1.84. The Labute approximate surface area is 205 Å². The predicted octanol–water partition coefficient (Wildman–Crippen LogP) is 5.43. The van der Waals surface area contributed by atoms with E-state index in [1.54, 1.807) is 11.3 Å². The lowest BCUT2D eigenvalue weighted by atomic mass is 9.78. The van der Waals surface area contributed by atoms with E-state index in [4.69, 9.17) is 10.5 Å². The molecule has 3 rings (SSSR count). The minimum Gasteiger partial charge on any atom is -0.457 e. The molecule has 1 aromatic heterocycles. The lowest BCUT2D eigenvalue weighted by Crippen LogP contribution is -2.52. The fourth-order valence-corrected chi connectivity index (χ4v) is 6.48. The highest BCUT2D eigenvalue weighted by Crippen LogP contribution is 2.43. The van der Waals surface area contributed by atoms with Gasteiger partial charge in [0.15, 0.2) is 11.0 Å². The first-order valence-corrected chi connectivity index (χ1v) is 13.2. The first-order chi connectivity index (χ1) is 15.4. The molecule has 7 heteroatoms. The molecule has 33 heavy (non-hydrogen) atoms. The third-order valence-corrected chi connectivity index (χ3v) is 8.70. The smallest absolute Gasteiger partial charge is 0.327 e. The average Bonchev–Trinajstić information content (AvgIpc) is 3.18. The van der Waals surface area contributed by atoms with Crippen molar-refractivity contribution < 1.29 is 19.4 Å². The van der Waals surface area contributed by atoms with E-state index in [9.17, 15) is 14.7 Å². The van der Waals surface area contributed by atoms with Gasteiger partial charge in [0, 0.05) is 17.0 Å². The highest BCUT2D eigenvalue weighted by Gasteiger charge is 2.49. The summed E-state index contributed by atoms with van der Waals surface area (Å²) in [6, 6.07) is 3.92. The number of esters is 1. The number of carbonyl (C=O) groups is 2. The number of aryl methyl sites for hydroxylation is 2. The van der Waals surface area contributed by atoms with Gasteiger partial charge in [-0.15, -0.1) is 11.8 Å². The van der Waals surface area contributed by atoms with Gasteiger partial charge in [0.05, 0.1) is 6.61 Å². The molecule has 1 saturated heterocycles. The van der Waals surface area contributed by atoms with E-state index in [2.05, 4.69) is 20.8 Å². The molecule has 0 spiro atoms. The van der Waals surface area contributed by atoms with E-state index in [1.165, 1.54) is 11.8 Å². The number of nitrogens with two attached hydrogens (primary N) is 1. The molecular formula is C26H35NO4S2. The molecule has 2 heterocycles. The summed E-state index contributed by atoms with van der Waals surface area (Å²) in [7, 11) is 0. The van der Waals surface area contributed by atoms with Gasteiger partial charge in [-0.2, -0.15) is 11.3 Å². The van der Waals surface area contributed by atoms with Crippen LogP contribution in [0.3, 0.4) is 0 Å². The number of aliphatic hydroxyl groups excluding tert-OH is 1. The number of thiophene rings is 1. The van der Waals surface area contributed by atoms with Gasteiger partial charge in [0.1, 0.15) is 5.60 Å². The second-order valence-electron chi connectivity index (χ2n) is 10.3. The van der Waals surface area contributed by atoms with Gasteiger partial charge >= 0.3 is 5.97 Å². The number of carbonyl (C=O) groups excluding carboxylic acids is 2. The number of hydrogen-bond acceptors (Lipinski definition) is 7. The Morgan fingerprint density at radius 1 is 1.24 bits per heavy atom. The van der Waals surface area contributed by atoms with Crippen molar-refractivity contribution in [1.82, 2.24) is 0 Å². The van der Waals surface area contributed by atoms with E-state index in [0.29, 0.717) is 18.5 Å². The van der Waals surface area contributed by atoms with E-state index in [0.717, 1.165) is 27.1 Å². The number of rotatable bonds is 7. The number of anilines is 1. The monoisotopic (exact) mass is 489 g/mol. The quantitative estimate of drug-likeness (QED) is 0.306. The van der Waals surface area contributed by atoms with Crippen LogP contribution in [0, 0.1) is 12.8 Å². The summed E-state index contributed by atoms with van der Waals surface area (Å²) >= 11 is 2.83. The summed E-state index contributed by atoms with van der Waals surface area (Å²) < 4.78 is 6.08. The van der Waals surface area contributed by atoms with Crippen molar-refractivity contribution in [3.8, 4) is 0 Å². The minimum absolute atomic E-state index is 0.00327. The lowest BCUT2D eigenvalue weighted by Gasteiger charge is -2.41. The summed E-state index contributed by atoms with van der Waals surface area (Å²) in [4.78, 5) is 27.4. The largest absolute Gasteiger partial charge is 0.457 e. The maximum Gasteiger partial charge on any atom is 0.327 e. The number of aliphatic hydroxyl groups is 1.